The molecule has 0 fully saturated rings. The molecule has 1 aromatic rings. The number of ether oxygens (including phenoxy) is 2. The van der Waals surface area contributed by atoms with Gasteiger partial charge in [0.15, 0.2) is 11.6 Å². The Morgan fingerprint density at radius 3 is 2.57 bits per heavy atom. The van der Waals surface area contributed by atoms with E-state index in [9.17, 15) is 19.3 Å². The lowest BCUT2D eigenvalue weighted by molar-refractivity contribution is -0.385. The Bertz CT molecular complexity index is 536. The zero-order valence-electron chi connectivity index (χ0n) is 12.1. The van der Waals surface area contributed by atoms with Crippen molar-refractivity contribution in [2.45, 2.75) is 13.3 Å². The van der Waals surface area contributed by atoms with E-state index in [0.717, 1.165) is 6.07 Å². The summed E-state index contributed by atoms with van der Waals surface area (Å²) in [6.45, 7) is 2.44. The highest BCUT2D eigenvalue weighted by atomic mass is 19.1. The maximum atomic E-state index is 14.1. The van der Waals surface area contributed by atoms with Crippen LogP contribution in [0, 0.1) is 15.9 Å². The van der Waals surface area contributed by atoms with Crippen LogP contribution in [0.25, 0.3) is 0 Å². The van der Waals surface area contributed by atoms with Crippen LogP contribution < -0.4 is 9.64 Å². The molecule has 0 heterocycles. The number of nitro benzene ring substituents is 1. The number of benzene rings is 1. The van der Waals surface area contributed by atoms with Gasteiger partial charge in [-0.2, -0.15) is 0 Å². The number of nitro groups is 1. The Labute approximate surface area is 121 Å². The second kappa shape index (κ2) is 7.41. The van der Waals surface area contributed by atoms with E-state index in [4.69, 9.17) is 4.74 Å². The van der Waals surface area contributed by atoms with Crippen LogP contribution in [0.1, 0.15) is 13.3 Å². The molecule has 7 nitrogen and oxygen atoms in total. The Balaban J connectivity index is 3.09. The normalized spacial score (nSPS) is 10.1. The summed E-state index contributed by atoms with van der Waals surface area (Å²) in [6.07, 6.45) is 0.0864. The third-order valence-electron chi connectivity index (χ3n) is 2.98. The van der Waals surface area contributed by atoms with Crippen LogP contribution in [0.5, 0.6) is 5.75 Å². The highest BCUT2D eigenvalue weighted by molar-refractivity contribution is 5.70. The number of methoxy groups -OCH3 is 2. The van der Waals surface area contributed by atoms with Crippen LogP contribution in [-0.2, 0) is 9.53 Å². The summed E-state index contributed by atoms with van der Waals surface area (Å²) in [5.74, 6) is -1.19. The van der Waals surface area contributed by atoms with Crippen LogP contribution in [0.2, 0.25) is 0 Å². The molecule has 0 saturated carbocycles. The number of esters is 1. The molecule has 0 aliphatic heterocycles. The molecule has 0 spiro atoms. The molecule has 0 aromatic heterocycles. The van der Waals surface area contributed by atoms with Gasteiger partial charge in [0.2, 0.25) is 0 Å². The lowest BCUT2D eigenvalue weighted by Gasteiger charge is -2.23. The van der Waals surface area contributed by atoms with Gasteiger partial charge in [-0.05, 0) is 6.92 Å². The van der Waals surface area contributed by atoms with Crippen molar-refractivity contribution in [2.75, 3.05) is 32.2 Å². The van der Waals surface area contributed by atoms with Crippen molar-refractivity contribution in [3.05, 3.63) is 28.1 Å². The Morgan fingerprint density at radius 2 is 2.10 bits per heavy atom. The minimum absolute atomic E-state index is 0.0343. The zero-order chi connectivity index (χ0) is 16.0. The fourth-order valence-corrected chi connectivity index (χ4v) is 1.86. The quantitative estimate of drug-likeness (QED) is 0.436. The molecule has 0 aliphatic rings. The second-order valence-electron chi connectivity index (χ2n) is 4.14. The maximum Gasteiger partial charge on any atom is 0.313 e. The van der Waals surface area contributed by atoms with Gasteiger partial charge in [0, 0.05) is 19.2 Å². The smallest absolute Gasteiger partial charge is 0.313 e. The van der Waals surface area contributed by atoms with E-state index in [0.29, 0.717) is 6.54 Å². The fourth-order valence-electron chi connectivity index (χ4n) is 1.86. The number of halogens is 1. The average molecular weight is 300 g/mol. The van der Waals surface area contributed by atoms with Crippen molar-refractivity contribution in [1.82, 2.24) is 0 Å². The Hall–Kier alpha value is -2.38. The minimum atomic E-state index is -0.741. The van der Waals surface area contributed by atoms with Gasteiger partial charge in [-0.1, -0.05) is 0 Å². The zero-order valence-corrected chi connectivity index (χ0v) is 12.1. The molecule has 0 N–H and O–H groups in total. The standard InChI is InChI=1S/C13H17FN2O5/c1-4-15(6-5-13(17)21-3)10-8-12(20-2)11(16(18)19)7-9(10)14/h7-8H,4-6H2,1-3H3. The molecule has 8 heteroatoms. The fraction of sp³-hybridized carbons (Fsp3) is 0.462. The number of rotatable bonds is 7. The Morgan fingerprint density at radius 1 is 1.43 bits per heavy atom. The van der Waals surface area contributed by atoms with E-state index >= 15 is 0 Å². The second-order valence-corrected chi connectivity index (χ2v) is 4.14. The molecule has 116 valence electrons. The van der Waals surface area contributed by atoms with Gasteiger partial charge in [0.05, 0.1) is 37.3 Å². The predicted molar refractivity (Wildman–Crippen MR) is 74.1 cm³/mol. The third kappa shape index (κ3) is 4.04. The number of anilines is 1. The minimum Gasteiger partial charge on any atom is -0.490 e. The van der Waals surface area contributed by atoms with E-state index in [1.165, 1.54) is 20.3 Å². The molecular formula is C13H17FN2O5. The summed E-state index contributed by atoms with van der Waals surface area (Å²) in [5, 5.41) is 10.8. The molecule has 21 heavy (non-hydrogen) atoms. The molecular weight excluding hydrogens is 283 g/mol. The van der Waals surface area contributed by atoms with Gasteiger partial charge in [-0.15, -0.1) is 0 Å². The molecule has 0 unspecified atom stereocenters. The number of nitrogens with zero attached hydrogens (tertiary/aromatic N) is 2. The molecule has 0 saturated heterocycles. The van der Waals surface area contributed by atoms with E-state index in [-0.39, 0.29) is 24.4 Å². The summed E-state index contributed by atoms with van der Waals surface area (Å²) >= 11 is 0. The lowest BCUT2D eigenvalue weighted by Crippen LogP contribution is -2.27. The molecule has 0 amide bonds. The van der Waals surface area contributed by atoms with Crippen molar-refractivity contribution in [1.29, 1.82) is 0 Å². The summed E-state index contributed by atoms with van der Waals surface area (Å²) in [5.41, 5.74) is -0.299. The van der Waals surface area contributed by atoms with Crippen LogP contribution in [0.4, 0.5) is 15.8 Å². The number of carbonyl (C=O) groups excluding carboxylic acids is 1. The van der Waals surface area contributed by atoms with Gasteiger partial charge in [-0.25, -0.2) is 4.39 Å². The highest BCUT2D eigenvalue weighted by Crippen LogP contribution is 2.34. The highest BCUT2D eigenvalue weighted by Gasteiger charge is 2.22. The summed E-state index contributed by atoms with van der Waals surface area (Å²) < 4.78 is 23.5. The molecule has 0 radical (unpaired) electrons. The van der Waals surface area contributed by atoms with E-state index < -0.39 is 22.4 Å². The van der Waals surface area contributed by atoms with Crippen LogP contribution in [-0.4, -0.2) is 38.2 Å². The monoisotopic (exact) mass is 300 g/mol. The molecule has 1 rings (SSSR count). The predicted octanol–water partition coefficient (Wildman–Crippen LogP) is 2.13. The molecule has 0 bridgehead atoms. The van der Waals surface area contributed by atoms with Gasteiger partial charge >= 0.3 is 11.7 Å². The number of hydrogen-bond acceptors (Lipinski definition) is 6. The first-order valence-corrected chi connectivity index (χ1v) is 6.28. The number of hydrogen-bond donors (Lipinski definition) is 0. The topological polar surface area (TPSA) is 81.9 Å². The third-order valence-corrected chi connectivity index (χ3v) is 2.98. The van der Waals surface area contributed by atoms with Gasteiger partial charge in [-0.3, -0.25) is 14.9 Å². The van der Waals surface area contributed by atoms with Crippen molar-refractivity contribution in [3.8, 4) is 5.75 Å². The SMILES string of the molecule is CCN(CCC(=O)OC)c1cc(OC)c([N+](=O)[O-])cc1F. The average Bonchev–Trinajstić information content (AvgIpc) is 2.48. The van der Waals surface area contributed by atoms with Crippen molar-refractivity contribution < 1.29 is 23.6 Å². The molecule has 0 aliphatic carbocycles. The first-order valence-electron chi connectivity index (χ1n) is 6.28. The van der Waals surface area contributed by atoms with Crippen LogP contribution in [0.3, 0.4) is 0 Å². The van der Waals surface area contributed by atoms with Crippen molar-refractivity contribution >= 4 is 17.3 Å². The molecule has 0 atom stereocenters. The summed E-state index contributed by atoms with van der Waals surface area (Å²) in [7, 11) is 2.54. The lowest BCUT2D eigenvalue weighted by atomic mass is 10.2. The van der Waals surface area contributed by atoms with Gasteiger partial charge in [0.1, 0.15) is 0 Å². The van der Waals surface area contributed by atoms with Crippen molar-refractivity contribution in [3.63, 3.8) is 0 Å². The van der Waals surface area contributed by atoms with Crippen LogP contribution >= 0.6 is 0 Å². The van der Waals surface area contributed by atoms with Crippen molar-refractivity contribution in [2.24, 2.45) is 0 Å². The maximum absolute atomic E-state index is 14.1. The largest absolute Gasteiger partial charge is 0.490 e. The number of carbonyl (C=O) groups is 1. The molecule has 1 aromatic carbocycles. The van der Waals surface area contributed by atoms with E-state index in [2.05, 4.69) is 4.74 Å². The van der Waals surface area contributed by atoms with Gasteiger partial charge in [0.25, 0.3) is 0 Å². The summed E-state index contributed by atoms with van der Waals surface area (Å²) in [6, 6.07) is 2.07. The summed E-state index contributed by atoms with van der Waals surface area (Å²) in [4.78, 5) is 22.8. The Kier molecular flexibility index (Phi) is 5.89. The van der Waals surface area contributed by atoms with Crippen LogP contribution in [0.15, 0.2) is 12.1 Å². The first-order chi connectivity index (χ1) is 9.94. The van der Waals surface area contributed by atoms with E-state index in [1.807, 2.05) is 0 Å². The van der Waals surface area contributed by atoms with Gasteiger partial charge < -0.3 is 14.4 Å². The first kappa shape index (κ1) is 16.7. The van der Waals surface area contributed by atoms with E-state index in [1.54, 1.807) is 11.8 Å².